The molecule has 0 saturated carbocycles. The van der Waals surface area contributed by atoms with Crippen molar-refractivity contribution >= 4 is 0 Å². The first kappa shape index (κ1) is 31.6. The quantitative estimate of drug-likeness (QED) is 0.298. The fraction of sp³-hybridized carbons (Fsp3) is 0.500. The monoisotopic (exact) mass is 269 g/mol. The average molecular weight is 270 g/mol. The Kier molecular flexibility index (Phi) is 343. The van der Waals surface area contributed by atoms with E-state index in [1.54, 1.807) is 12.1 Å². The van der Waals surface area contributed by atoms with Crippen molar-refractivity contribution in [3.05, 3.63) is 10.1 Å². The van der Waals surface area contributed by atoms with Crippen molar-refractivity contribution in [3.63, 3.8) is 0 Å². The molecule has 0 aliphatic carbocycles. The van der Waals surface area contributed by atoms with Crippen molar-refractivity contribution in [2.45, 2.75) is 13.8 Å². The van der Waals surface area contributed by atoms with Gasteiger partial charge in [-0.1, -0.05) is 0 Å². The van der Waals surface area contributed by atoms with Gasteiger partial charge < -0.3 is 22.5 Å². The third-order valence-electron chi connectivity index (χ3n) is 0. The molecule has 0 aromatic carbocycles. The third-order valence-corrected chi connectivity index (χ3v) is 0. The van der Waals surface area contributed by atoms with Crippen LogP contribution < -0.4 is 12.4 Å². The second-order valence-corrected chi connectivity index (χ2v) is 0.522. The molecule has 68 valence electrons. The van der Waals surface area contributed by atoms with E-state index in [1.807, 2.05) is 0 Å². The molecule has 0 atom stereocenters. The molecule has 0 fully saturated rings. The topological polar surface area (TPSA) is 100 Å². The zero-order valence-electron chi connectivity index (χ0n) is 5.85. The summed E-state index contributed by atoms with van der Waals surface area (Å²) in [6, 6.07) is 3.50. The zero-order chi connectivity index (χ0) is 8.12. The number of halogens is 1. The van der Waals surface area contributed by atoms with E-state index in [4.69, 9.17) is 20.6 Å². The fourth-order valence-electron chi connectivity index (χ4n) is 0. The van der Waals surface area contributed by atoms with Crippen LogP contribution >= 0.6 is 0 Å². The fourth-order valence-corrected chi connectivity index (χ4v) is 0. The first-order valence-corrected chi connectivity index (χ1v) is 1.81. The van der Waals surface area contributed by atoms with Gasteiger partial charge in [-0.3, -0.25) is 0 Å². The molecule has 0 aromatic heterocycles. The van der Waals surface area contributed by atoms with Crippen molar-refractivity contribution in [2.75, 3.05) is 0 Å². The van der Waals surface area contributed by atoms with Crippen molar-refractivity contribution in [3.8, 4) is 12.1 Å². The van der Waals surface area contributed by atoms with Gasteiger partial charge in [0.05, 0.1) is 12.1 Å². The van der Waals surface area contributed by atoms with Crippen LogP contribution in [0.1, 0.15) is 13.8 Å². The minimum atomic E-state index is 0. The smallest absolute Gasteiger partial charge is 0.0587 e. The molecule has 0 aliphatic rings. The molecule has 0 radical (unpaired) electrons. The van der Waals surface area contributed by atoms with Crippen LogP contribution in [0.2, 0.25) is 0 Å². The van der Waals surface area contributed by atoms with Gasteiger partial charge in [-0.05, 0) is 0 Å². The van der Waals surface area contributed by atoms with Crippen LogP contribution in [-0.2, 0) is 20.4 Å². The maximum atomic E-state index is 8.00. The van der Waals surface area contributed by atoms with Gasteiger partial charge in [-0.15, -0.1) is 5.34 Å². The van der Waals surface area contributed by atoms with Crippen LogP contribution in [0.15, 0.2) is 5.34 Å². The Morgan fingerprint density at radius 2 is 1.27 bits per heavy atom. The maximum Gasteiger partial charge on any atom is 0.0587 e. The van der Waals surface area contributed by atoms with E-state index in [-0.39, 0.29) is 32.8 Å². The minimum Gasteiger partial charge on any atom is -1.00 e. The SMILES string of the molecule is CC#N.CC#N.O=N[O-].[Cl-].[Pd]. The van der Waals surface area contributed by atoms with E-state index in [0.29, 0.717) is 0 Å². The number of hydrogen-bond acceptors (Lipinski definition) is 5. The predicted molar refractivity (Wildman–Crippen MR) is 31.7 cm³/mol. The Bertz CT molecular complexity index is 107. The van der Waals surface area contributed by atoms with Crippen LogP contribution in [0.3, 0.4) is 0 Å². The summed E-state index contributed by atoms with van der Waals surface area (Å²) in [6.45, 7) is 2.86. The first-order valence-electron chi connectivity index (χ1n) is 1.81. The van der Waals surface area contributed by atoms with E-state index < -0.39 is 0 Å². The van der Waals surface area contributed by atoms with E-state index in [2.05, 4.69) is 0 Å². The number of nitriles is 2. The normalized spacial score (nSPS) is 2.55. The van der Waals surface area contributed by atoms with Gasteiger partial charge in [-0.25, -0.2) is 0 Å². The van der Waals surface area contributed by atoms with Crippen LogP contribution in [0.5, 0.6) is 0 Å². The van der Waals surface area contributed by atoms with Crippen molar-refractivity contribution < 1.29 is 32.8 Å². The average Bonchev–Trinajstić information content (AvgIpc) is 1.70. The summed E-state index contributed by atoms with van der Waals surface area (Å²) in [6.07, 6.45) is 0. The molecule has 0 unspecified atom stereocenters. The van der Waals surface area contributed by atoms with E-state index >= 15 is 0 Å². The first-order chi connectivity index (χ1) is 4.24. The summed E-state index contributed by atoms with van der Waals surface area (Å²) >= 11 is 0. The predicted octanol–water partition coefficient (Wildman–Crippen LogP) is -1.69. The van der Waals surface area contributed by atoms with Gasteiger partial charge >= 0.3 is 0 Å². The number of nitrogens with zero attached hydrogens (tertiary/aromatic N) is 3. The molecule has 5 nitrogen and oxygen atoms in total. The molecule has 7 heteroatoms. The van der Waals surface area contributed by atoms with Gasteiger partial charge in [0.15, 0.2) is 0 Å². The van der Waals surface area contributed by atoms with Gasteiger partial charge in [0.1, 0.15) is 0 Å². The maximum absolute atomic E-state index is 8.00. The summed E-state index contributed by atoms with van der Waals surface area (Å²) in [5.41, 5.74) is 0. The summed E-state index contributed by atoms with van der Waals surface area (Å²) in [4.78, 5) is 8.00. The molecule has 0 aromatic rings. The molecule has 0 rings (SSSR count). The third kappa shape index (κ3) is 1130. The molecule has 0 spiro atoms. The van der Waals surface area contributed by atoms with Crippen molar-refractivity contribution in [1.82, 2.24) is 0 Å². The van der Waals surface area contributed by atoms with Crippen molar-refractivity contribution in [1.29, 1.82) is 10.5 Å². The van der Waals surface area contributed by atoms with Gasteiger partial charge in [-0.2, -0.15) is 10.5 Å². The Labute approximate surface area is 85.0 Å². The molecule has 0 amide bonds. The summed E-state index contributed by atoms with van der Waals surface area (Å²) < 4.78 is 0. The molecule has 0 bridgehead atoms. The largest absolute Gasteiger partial charge is 1.00 e. The molecule has 0 N–H and O–H groups in total. The Morgan fingerprint density at radius 1 is 1.27 bits per heavy atom. The molecular weight excluding hydrogens is 264 g/mol. The summed E-state index contributed by atoms with van der Waals surface area (Å²) in [5.74, 6) is 0. The van der Waals surface area contributed by atoms with Crippen LogP contribution in [-0.4, -0.2) is 0 Å². The number of rotatable bonds is 0. The number of hydrogen-bond donors (Lipinski definition) is 0. The van der Waals surface area contributed by atoms with E-state index in [0.717, 1.165) is 5.34 Å². The van der Waals surface area contributed by atoms with Gasteiger partial charge in [0.2, 0.25) is 0 Å². The second kappa shape index (κ2) is 119. The molecule has 0 saturated heterocycles. The van der Waals surface area contributed by atoms with E-state index in [9.17, 15) is 0 Å². The standard InChI is InChI=1S/2C2H3N.ClH.HNO2.Pd/c2*1-2-3;;2-1-3;/h2*1H3;1H;(H,2,3);/p-2. The second-order valence-electron chi connectivity index (χ2n) is 0.522. The van der Waals surface area contributed by atoms with Crippen molar-refractivity contribution in [2.24, 2.45) is 5.34 Å². The van der Waals surface area contributed by atoms with E-state index in [1.165, 1.54) is 13.8 Å². The van der Waals surface area contributed by atoms with Gasteiger partial charge in [0.25, 0.3) is 0 Å². The Morgan fingerprint density at radius 3 is 1.27 bits per heavy atom. The molecular formula is C4H6ClN3O2Pd-2. The Balaban J connectivity index is -0.0000000150. The zero-order valence-corrected chi connectivity index (χ0v) is 8.16. The molecule has 0 aliphatic heterocycles. The van der Waals surface area contributed by atoms with Crippen LogP contribution in [0.25, 0.3) is 0 Å². The summed E-state index contributed by atoms with van der Waals surface area (Å²) in [5, 5.41) is 23.6. The Hall–Kier alpha value is -0.668. The van der Waals surface area contributed by atoms with Crippen LogP contribution in [0.4, 0.5) is 0 Å². The summed E-state index contributed by atoms with van der Waals surface area (Å²) in [7, 11) is 0. The van der Waals surface area contributed by atoms with Gasteiger partial charge in [0, 0.05) is 34.3 Å². The molecule has 0 heterocycles. The molecule has 11 heavy (non-hydrogen) atoms. The van der Waals surface area contributed by atoms with Crippen LogP contribution in [0, 0.1) is 32.8 Å². The minimum absolute atomic E-state index is 0.